The van der Waals surface area contributed by atoms with Crippen molar-refractivity contribution in [3.05, 3.63) is 48.6 Å². The van der Waals surface area contributed by atoms with Crippen molar-refractivity contribution in [2.75, 3.05) is 26.4 Å². The topological polar surface area (TPSA) is 307 Å². The van der Waals surface area contributed by atoms with Gasteiger partial charge in [0.2, 0.25) is 5.91 Å². The van der Waals surface area contributed by atoms with E-state index in [2.05, 4.69) is 55.6 Å². The van der Waals surface area contributed by atoms with Gasteiger partial charge in [-0.3, -0.25) is 4.79 Å². The zero-order chi connectivity index (χ0) is 85.9. The Kier molecular flexibility index (Phi) is 73.8. The van der Waals surface area contributed by atoms with Gasteiger partial charge in [-0.1, -0.05) is 422 Å². The lowest BCUT2D eigenvalue weighted by Crippen LogP contribution is -2.66. The third kappa shape index (κ3) is 56.5. The first-order valence-corrected chi connectivity index (χ1v) is 50.4. The summed E-state index contributed by atoms with van der Waals surface area (Å²) in [7, 11) is 0. The van der Waals surface area contributed by atoms with Gasteiger partial charge in [-0.15, -0.1) is 0 Å². The molecule has 19 nitrogen and oxygen atoms in total. The van der Waals surface area contributed by atoms with E-state index in [0.717, 1.165) is 44.9 Å². The molecule has 1 amide bonds. The molecule has 0 spiro atoms. The number of hydrogen-bond donors (Lipinski definition) is 12. The molecule has 17 unspecified atom stereocenters. The Balaban J connectivity index is 1.29. The lowest BCUT2D eigenvalue weighted by atomic mass is 9.96. The lowest BCUT2D eigenvalue weighted by Gasteiger charge is -2.48. The van der Waals surface area contributed by atoms with Crippen molar-refractivity contribution in [3.63, 3.8) is 0 Å². The van der Waals surface area contributed by atoms with Gasteiger partial charge in [0.25, 0.3) is 0 Å². The van der Waals surface area contributed by atoms with E-state index in [4.69, 9.17) is 28.4 Å². The molecule has 700 valence electrons. The normalized spacial score (nSPS) is 24.3. The van der Waals surface area contributed by atoms with Crippen molar-refractivity contribution >= 4 is 5.91 Å². The predicted molar refractivity (Wildman–Crippen MR) is 485 cm³/mol. The highest BCUT2D eigenvalue weighted by Crippen LogP contribution is 2.34. The standard InChI is InChI=1S/C100H187NO18/c1-3-5-7-9-11-13-15-17-19-21-23-25-27-29-31-33-35-37-38-39-40-41-42-43-44-46-48-50-52-54-56-58-60-62-64-66-68-70-72-74-76-78-88(106)101-83(84(105)77-75-73-71-69-67-65-63-61-59-57-55-53-51-49-47-45-36-34-32-30-28-26-24-22-20-18-16-14-12-10-8-6-4-2)82-114-98-94(112)91(109)96(86(80-103)116-98)119-100-95(113)92(110)97(87(81-104)117-100)118-99-93(111)90(108)89(107)85(79-102)115-99/h21,23,59,61,67,69,75,77,83-87,89-100,102-105,107-113H,3-20,22,24-58,60,62-66,68,70-74,76,78-82H2,1-2H3,(H,101,106)/b23-21-,61-59+,69-67+,77-75+. The number of nitrogens with one attached hydrogen (secondary N) is 1. The van der Waals surface area contributed by atoms with Crippen molar-refractivity contribution in [1.82, 2.24) is 5.32 Å². The monoisotopic (exact) mass is 1690 g/mol. The van der Waals surface area contributed by atoms with Crippen LogP contribution in [0.25, 0.3) is 0 Å². The Hall–Kier alpha value is -2.25. The maximum atomic E-state index is 13.5. The number of unbranched alkanes of at least 4 members (excludes halogenated alkanes) is 62. The quantitative estimate of drug-likeness (QED) is 0.0199. The molecule has 3 aliphatic heterocycles. The number of aliphatic hydroxyl groups is 11. The Morgan fingerprint density at radius 3 is 0.840 bits per heavy atom. The molecule has 12 N–H and O–H groups in total. The molecule has 0 saturated carbocycles. The second-order valence-corrected chi connectivity index (χ2v) is 35.9. The highest BCUT2D eigenvalue weighted by atomic mass is 16.8. The second-order valence-electron chi connectivity index (χ2n) is 35.9. The molecule has 0 aromatic carbocycles. The summed E-state index contributed by atoms with van der Waals surface area (Å²) in [6.45, 7) is 1.79. The van der Waals surface area contributed by atoms with Crippen LogP contribution in [0.2, 0.25) is 0 Å². The van der Waals surface area contributed by atoms with E-state index >= 15 is 0 Å². The van der Waals surface area contributed by atoms with Crippen LogP contribution >= 0.6 is 0 Å². The first-order chi connectivity index (χ1) is 58.3. The Morgan fingerprint density at radius 2 is 0.538 bits per heavy atom. The zero-order valence-corrected chi connectivity index (χ0v) is 76.1. The number of aliphatic hydroxyl groups excluding tert-OH is 11. The average molecular weight is 1690 g/mol. The molecule has 19 heteroatoms. The van der Waals surface area contributed by atoms with Crippen molar-refractivity contribution in [1.29, 1.82) is 0 Å². The maximum Gasteiger partial charge on any atom is 0.220 e. The Bertz CT molecular complexity index is 2330. The van der Waals surface area contributed by atoms with Gasteiger partial charge in [0.05, 0.1) is 38.6 Å². The summed E-state index contributed by atoms with van der Waals surface area (Å²) < 4.78 is 34.6. The average Bonchev–Trinajstić information content (AvgIpc) is 0.778. The van der Waals surface area contributed by atoms with Crippen molar-refractivity contribution in [2.45, 2.75) is 555 Å². The van der Waals surface area contributed by atoms with E-state index in [1.807, 2.05) is 6.08 Å². The highest BCUT2D eigenvalue weighted by molar-refractivity contribution is 5.76. The molecule has 3 saturated heterocycles. The highest BCUT2D eigenvalue weighted by Gasteiger charge is 2.54. The first-order valence-electron chi connectivity index (χ1n) is 50.4. The largest absolute Gasteiger partial charge is 0.394 e. The number of rotatable bonds is 84. The van der Waals surface area contributed by atoms with E-state index < -0.39 is 124 Å². The molecule has 0 aromatic heterocycles. The number of carbonyl (C=O) groups excluding carboxylic acids is 1. The molecule has 0 aliphatic carbocycles. The Morgan fingerprint density at radius 1 is 0.294 bits per heavy atom. The number of carbonyl (C=O) groups is 1. The minimum Gasteiger partial charge on any atom is -0.394 e. The van der Waals surface area contributed by atoms with E-state index in [1.165, 1.54) is 372 Å². The molecule has 17 atom stereocenters. The SMILES string of the molecule is CCCCCCCCCC/C=C\CCCCCCCCCCCCCCCCCCCCCCCCCCCCCCCC(=O)NC(COC1OC(CO)C(OC2OC(CO)C(OC3OC(CO)C(O)C(O)C3O)C(O)C2O)C(O)C1O)C(O)/C=C/CC/C=C/CC/C=C/CCCCCCCCCCCCCCCCCCCCCCCCC. The zero-order valence-electron chi connectivity index (χ0n) is 76.1. The van der Waals surface area contributed by atoms with E-state index in [9.17, 15) is 61.0 Å². The van der Waals surface area contributed by atoms with Crippen molar-refractivity contribution < 1.29 is 89.4 Å². The van der Waals surface area contributed by atoms with Crippen LogP contribution in [0.4, 0.5) is 0 Å². The molecular formula is C100H187NO18. The van der Waals surface area contributed by atoms with Gasteiger partial charge < -0.3 is 89.9 Å². The molecule has 3 fully saturated rings. The summed E-state index contributed by atoms with van der Waals surface area (Å²) in [6, 6.07) is -0.999. The van der Waals surface area contributed by atoms with Crippen LogP contribution in [0.3, 0.4) is 0 Å². The number of ether oxygens (including phenoxy) is 6. The van der Waals surface area contributed by atoms with Gasteiger partial charge in [0.15, 0.2) is 18.9 Å². The van der Waals surface area contributed by atoms with Crippen LogP contribution in [0.1, 0.15) is 450 Å². The fraction of sp³-hybridized carbons (Fsp3) is 0.910. The molecule has 3 heterocycles. The van der Waals surface area contributed by atoms with E-state index in [1.54, 1.807) is 6.08 Å². The molecular weight excluding hydrogens is 1500 g/mol. The summed E-state index contributed by atoms with van der Waals surface area (Å²) >= 11 is 0. The molecule has 119 heavy (non-hydrogen) atoms. The summed E-state index contributed by atoms with van der Waals surface area (Å²) in [5.41, 5.74) is 0. The van der Waals surface area contributed by atoms with E-state index in [-0.39, 0.29) is 18.9 Å². The summed E-state index contributed by atoms with van der Waals surface area (Å²) in [4.78, 5) is 13.5. The molecule has 3 rings (SSSR count). The third-order valence-electron chi connectivity index (χ3n) is 25.1. The van der Waals surface area contributed by atoms with E-state index in [0.29, 0.717) is 12.8 Å². The third-order valence-corrected chi connectivity index (χ3v) is 25.1. The maximum absolute atomic E-state index is 13.5. The fourth-order valence-electron chi connectivity index (χ4n) is 17.1. The van der Waals surface area contributed by atoms with Crippen LogP contribution in [-0.2, 0) is 33.2 Å². The Labute approximate surface area is 726 Å². The minimum atomic E-state index is -1.98. The summed E-state index contributed by atoms with van der Waals surface area (Å²) in [5.74, 6) is -0.280. The summed E-state index contributed by atoms with van der Waals surface area (Å²) in [5, 5.41) is 121. The van der Waals surface area contributed by atoms with Crippen LogP contribution in [0.15, 0.2) is 48.6 Å². The number of hydrogen-bond acceptors (Lipinski definition) is 18. The van der Waals surface area contributed by atoms with Crippen molar-refractivity contribution in [3.8, 4) is 0 Å². The second kappa shape index (κ2) is 79.2. The van der Waals surface area contributed by atoms with Crippen LogP contribution in [0.5, 0.6) is 0 Å². The van der Waals surface area contributed by atoms with Crippen LogP contribution in [-0.4, -0.2) is 193 Å². The lowest BCUT2D eigenvalue weighted by molar-refractivity contribution is -0.379. The minimum absolute atomic E-state index is 0.236. The number of allylic oxidation sites excluding steroid dienone is 7. The molecule has 0 aromatic rings. The van der Waals surface area contributed by atoms with Gasteiger partial charge >= 0.3 is 0 Å². The summed E-state index contributed by atoms with van der Waals surface area (Å²) in [6.07, 6.45) is 78.9. The molecule has 0 bridgehead atoms. The van der Waals surface area contributed by atoms with Crippen LogP contribution in [0, 0.1) is 0 Å². The first kappa shape index (κ1) is 111. The van der Waals surface area contributed by atoms with Gasteiger partial charge in [0.1, 0.15) is 73.2 Å². The van der Waals surface area contributed by atoms with Crippen LogP contribution < -0.4 is 5.32 Å². The van der Waals surface area contributed by atoms with Crippen molar-refractivity contribution in [2.24, 2.45) is 0 Å². The van der Waals surface area contributed by atoms with Gasteiger partial charge in [-0.25, -0.2) is 0 Å². The molecule has 3 aliphatic rings. The molecule has 0 radical (unpaired) electrons. The van der Waals surface area contributed by atoms with Gasteiger partial charge in [-0.2, -0.15) is 0 Å². The van der Waals surface area contributed by atoms with Gasteiger partial charge in [0, 0.05) is 6.42 Å². The number of amides is 1. The smallest absolute Gasteiger partial charge is 0.220 e. The fourth-order valence-corrected chi connectivity index (χ4v) is 17.1. The predicted octanol–water partition coefficient (Wildman–Crippen LogP) is 21.1. The van der Waals surface area contributed by atoms with Gasteiger partial charge in [-0.05, 0) is 70.6 Å².